The number of nitrogens with zero attached hydrogens (tertiary/aromatic N) is 1. The molecule has 1 aromatic rings. The number of ether oxygens (including phenoxy) is 2. The molecule has 0 aromatic heterocycles. The molecule has 0 bridgehead atoms. The summed E-state index contributed by atoms with van der Waals surface area (Å²) in [5.41, 5.74) is 2.89. The van der Waals surface area contributed by atoms with Crippen molar-refractivity contribution in [1.29, 1.82) is 0 Å². The monoisotopic (exact) mass is 277 g/mol. The molecular formula is C16H23NO3. The van der Waals surface area contributed by atoms with E-state index in [9.17, 15) is 0 Å². The van der Waals surface area contributed by atoms with Crippen molar-refractivity contribution >= 4 is 0 Å². The van der Waals surface area contributed by atoms with Crippen molar-refractivity contribution in [3.05, 3.63) is 35.4 Å². The van der Waals surface area contributed by atoms with Gasteiger partial charge in [-0.2, -0.15) is 0 Å². The first-order chi connectivity index (χ1) is 9.88. The first-order valence-electron chi connectivity index (χ1n) is 7.54. The molecule has 1 atom stereocenters. The highest BCUT2D eigenvalue weighted by Crippen LogP contribution is 2.36. The van der Waals surface area contributed by atoms with Gasteiger partial charge in [-0.3, -0.25) is 4.90 Å². The second-order valence-electron chi connectivity index (χ2n) is 5.50. The number of aliphatic hydroxyl groups excluding tert-OH is 1. The summed E-state index contributed by atoms with van der Waals surface area (Å²) in [6.45, 7) is 3.30. The second-order valence-corrected chi connectivity index (χ2v) is 5.50. The van der Waals surface area contributed by atoms with E-state index in [-0.39, 0.29) is 12.9 Å². The van der Waals surface area contributed by atoms with Gasteiger partial charge in [0.1, 0.15) is 0 Å². The van der Waals surface area contributed by atoms with Crippen LogP contribution in [0, 0.1) is 0 Å². The number of rotatable bonds is 6. The van der Waals surface area contributed by atoms with E-state index in [1.165, 1.54) is 11.1 Å². The lowest BCUT2D eigenvalue weighted by Gasteiger charge is -2.31. The van der Waals surface area contributed by atoms with Crippen LogP contribution in [0.15, 0.2) is 24.3 Å². The molecule has 1 saturated heterocycles. The molecule has 3 rings (SSSR count). The summed E-state index contributed by atoms with van der Waals surface area (Å²) in [5, 5.41) is 9.12. The lowest BCUT2D eigenvalue weighted by molar-refractivity contribution is -0.0695. The molecule has 0 spiro atoms. The fourth-order valence-corrected chi connectivity index (χ4v) is 3.27. The van der Waals surface area contributed by atoms with Crippen LogP contribution < -0.4 is 0 Å². The van der Waals surface area contributed by atoms with Gasteiger partial charge in [-0.15, -0.1) is 0 Å². The van der Waals surface area contributed by atoms with Gasteiger partial charge in [0, 0.05) is 19.2 Å². The van der Waals surface area contributed by atoms with Gasteiger partial charge in [0.15, 0.2) is 6.29 Å². The number of hydrogen-bond donors (Lipinski definition) is 1. The van der Waals surface area contributed by atoms with Crippen molar-refractivity contribution in [3.8, 4) is 0 Å². The Hall–Kier alpha value is -0.940. The highest BCUT2D eigenvalue weighted by atomic mass is 16.7. The molecule has 1 unspecified atom stereocenters. The predicted octanol–water partition coefficient (Wildman–Crippen LogP) is 1.73. The molecule has 20 heavy (non-hydrogen) atoms. The number of fused-ring (bicyclic) bond motifs is 1. The SMILES string of the molecule is OCCCN(CC1OCCO1)C1CCc2ccccc21. The van der Waals surface area contributed by atoms with Gasteiger partial charge in [-0.05, 0) is 30.4 Å². The number of aryl methyl sites for hydroxylation is 1. The molecule has 0 radical (unpaired) electrons. The van der Waals surface area contributed by atoms with Crippen molar-refractivity contribution in [2.45, 2.75) is 31.6 Å². The second kappa shape index (κ2) is 6.68. The molecule has 2 aliphatic rings. The third-order valence-electron chi connectivity index (χ3n) is 4.22. The maximum absolute atomic E-state index is 9.12. The quantitative estimate of drug-likeness (QED) is 0.860. The van der Waals surface area contributed by atoms with E-state index in [1.807, 2.05) is 0 Å². The van der Waals surface area contributed by atoms with Gasteiger partial charge in [0.2, 0.25) is 0 Å². The summed E-state index contributed by atoms with van der Waals surface area (Å²) in [4.78, 5) is 2.41. The molecule has 1 aliphatic carbocycles. The van der Waals surface area contributed by atoms with E-state index in [0.29, 0.717) is 19.3 Å². The van der Waals surface area contributed by atoms with Gasteiger partial charge in [0.25, 0.3) is 0 Å². The van der Waals surface area contributed by atoms with E-state index < -0.39 is 0 Å². The summed E-state index contributed by atoms with van der Waals surface area (Å²) in [5.74, 6) is 0. The molecule has 1 aliphatic heterocycles. The fourth-order valence-electron chi connectivity index (χ4n) is 3.27. The van der Waals surface area contributed by atoms with Crippen LogP contribution in [0.1, 0.15) is 30.0 Å². The van der Waals surface area contributed by atoms with E-state index >= 15 is 0 Å². The molecule has 4 nitrogen and oxygen atoms in total. The zero-order chi connectivity index (χ0) is 13.8. The Balaban J connectivity index is 1.71. The molecule has 1 N–H and O–H groups in total. The maximum atomic E-state index is 9.12. The number of aliphatic hydroxyl groups is 1. The lowest BCUT2D eigenvalue weighted by Crippen LogP contribution is -2.36. The Morgan fingerprint density at radius 2 is 2.00 bits per heavy atom. The van der Waals surface area contributed by atoms with E-state index in [1.54, 1.807) is 0 Å². The van der Waals surface area contributed by atoms with Crippen LogP contribution in [0.25, 0.3) is 0 Å². The van der Waals surface area contributed by atoms with Crippen LogP contribution in [0.5, 0.6) is 0 Å². The third kappa shape index (κ3) is 3.04. The first kappa shape index (κ1) is 14.0. The molecule has 1 fully saturated rings. The van der Waals surface area contributed by atoms with Gasteiger partial charge >= 0.3 is 0 Å². The smallest absolute Gasteiger partial charge is 0.170 e. The van der Waals surface area contributed by atoms with Crippen molar-refractivity contribution in [2.75, 3.05) is 32.9 Å². The summed E-state index contributed by atoms with van der Waals surface area (Å²) in [6.07, 6.45) is 2.98. The molecular weight excluding hydrogens is 254 g/mol. The first-order valence-corrected chi connectivity index (χ1v) is 7.54. The minimum atomic E-state index is -0.110. The highest BCUT2D eigenvalue weighted by Gasteiger charge is 2.30. The van der Waals surface area contributed by atoms with E-state index in [0.717, 1.165) is 32.4 Å². The topological polar surface area (TPSA) is 41.9 Å². The molecule has 0 saturated carbocycles. The zero-order valence-corrected chi connectivity index (χ0v) is 11.8. The van der Waals surface area contributed by atoms with Crippen LogP contribution in [0.4, 0.5) is 0 Å². The van der Waals surface area contributed by atoms with Crippen LogP contribution in [-0.4, -0.2) is 49.2 Å². The standard InChI is InChI=1S/C16H23NO3/c18-9-3-8-17(12-16-19-10-11-20-16)15-7-6-13-4-1-2-5-14(13)15/h1-2,4-5,15-16,18H,3,6-12H2. The van der Waals surface area contributed by atoms with Crippen LogP contribution in [0.3, 0.4) is 0 Å². The Morgan fingerprint density at radius 3 is 2.80 bits per heavy atom. The van der Waals surface area contributed by atoms with Crippen molar-refractivity contribution < 1.29 is 14.6 Å². The molecule has 0 amide bonds. The van der Waals surface area contributed by atoms with Crippen LogP contribution in [0.2, 0.25) is 0 Å². The summed E-state index contributed by atoms with van der Waals surface area (Å²) in [6, 6.07) is 9.12. The Kier molecular flexibility index (Phi) is 4.68. The summed E-state index contributed by atoms with van der Waals surface area (Å²) >= 11 is 0. The van der Waals surface area contributed by atoms with E-state index in [2.05, 4.69) is 29.2 Å². The number of hydrogen-bond acceptors (Lipinski definition) is 4. The van der Waals surface area contributed by atoms with Gasteiger partial charge in [-0.1, -0.05) is 24.3 Å². The zero-order valence-electron chi connectivity index (χ0n) is 11.8. The van der Waals surface area contributed by atoms with E-state index in [4.69, 9.17) is 14.6 Å². The Morgan fingerprint density at radius 1 is 1.20 bits per heavy atom. The molecule has 4 heteroatoms. The van der Waals surface area contributed by atoms with Crippen LogP contribution >= 0.6 is 0 Å². The largest absolute Gasteiger partial charge is 0.396 e. The Labute approximate surface area is 120 Å². The van der Waals surface area contributed by atoms with Gasteiger partial charge in [0.05, 0.1) is 19.8 Å². The average Bonchev–Trinajstić information content (AvgIpc) is 3.12. The molecule has 110 valence electrons. The van der Waals surface area contributed by atoms with Gasteiger partial charge < -0.3 is 14.6 Å². The fraction of sp³-hybridized carbons (Fsp3) is 0.625. The average molecular weight is 277 g/mol. The number of benzene rings is 1. The minimum Gasteiger partial charge on any atom is -0.396 e. The Bertz CT molecular complexity index is 431. The lowest BCUT2D eigenvalue weighted by atomic mass is 10.1. The minimum absolute atomic E-state index is 0.110. The van der Waals surface area contributed by atoms with Crippen molar-refractivity contribution in [1.82, 2.24) is 4.90 Å². The highest BCUT2D eigenvalue weighted by molar-refractivity contribution is 5.34. The van der Waals surface area contributed by atoms with Gasteiger partial charge in [-0.25, -0.2) is 0 Å². The van der Waals surface area contributed by atoms with Crippen molar-refractivity contribution in [3.63, 3.8) is 0 Å². The summed E-state index contributed by atoms with van der Waals surface area (Å²) < 4.78 is 11.2. The third-order valence-corrected chi connectivity index (χ3v) is 4.22. The predicted molar refractivity (Wildman–Crippen MR) is 76.5 cm³/mol. The summed E-state index contributed by atoms with van der Waals surface area (Å²) in [7, 11) is 0. The van der Waals surface area contributed by atoms with Crippen molar-refractivity contribution in [2.24, 2.45) is 0 Å². The maximum Gasteiger partial charge on any atom is 0.170 e. The molecule has 1 heterocycles. The molecule has 1 aromatic carbocycles. The van der Waals surface area contributed by atoms with Crippen LogP contribution in [-0.2, 0) is 15.9 Å². The normalized spacial score (nSPS) is 22.6.